The van der Waals surface area contributed by atoms with Crippen molar-refractivity contribution in [1.29, 1.82) is 0 Å². The second-order valence-electron chi connectivity index (χ2n) is 2.56. The third-order valence-electron chi connectivity index (χ3n) is 1.49. The first-order chi connectivity index (χ1) is 4.77. The minimum atomic E-state index is -0.670. The summed E-state index contributed by atoms with van der Waals surface area (Å²) >= 11 is 0. The molecule has 0 aliphatic rings. The summed E-state index contributed by atoms with van der Waals surface area (Å²) in [5.41, 5.74) is 0. The molecule has 0 aromatic heterocycles. The van der Waals surface area contributed by atoms with E-state index in [0.717, 1.165) is 12.8 Å². The van der Waals surface area contributed by atoms with Gasteiger partial charge in [-0.3, -0.25) is 4.79 Å². The number of rotatable bonds is 6. The van der Waals surface area contributed by atoms with Gasteiger partial charge in [0.25, 0.3) is 0 Å². The van der Waals surface area contributed by atoms with E-state index in [9.17, 15) is 4.79 Å². The van der Waals surface area contributed by atoms with Gasteiger partial charge < -0.3 is 5.11 Å². The molecule has 0 heterocycles. The summed E-state index contributed by atoms with van der Waals surface area (Å²) in [7, 11) is 0. The van der Waals surface area contributed by atoms with E-state index in [2.05, 4.69) is 6.92 Å². The Morgan fingerprint density at radius 3 is 2.18 bits per heavy atom. The molecule has 0 aliphatic carbocycles. The fraction of sp³-hybridized carbons (Fsp3) is 0.875. The maximum atomic E-state index is 10.0. The van der Waals surface area contributed by atoms with Gasteiger partial charge in [-0.1, -0.05) is 32.6 Å². The number of carboxylic acids is 1. The Hall–Kier alpha value is 0.0934. The first kappa shape index (κ1) is 13.7. The molecule has 0 aromatic carbocycles. The van der Waals surface area contributed by atoms with Crippen molar-refractivity contribution in [3.63, 3.8) is 0 Å². The van der Waals surface area contributed by atoms with E-state index < -0.39 is 5.97 Å². The van der Waals surface area contributed by atoms with Crippen LogP contribution >= 0.6 is 0 Å². The van der Waals surface area contributed by atoms with Crippen LogP contribution in [0.3, 0.4) is 0 Å². The summed E-state index contributed by atoms with van der Waals surface area (Å²) in [6, 6.07) is 0. The third-order valence-corrected chi connectivity index (χ3v) is 1.49. The molecule has 0 radical (unpaired) electrons. The van der Waals surface area contributed by atoms with Gasteiger partial charge in [0.05, 0.1) is 0 Å². The van der Waals surface area contributed by atoms with Crippen molar-refractivity contribution in [2.45, 2.75) is 45.4 Å². The number of aliphatic carboxylic acids is 1. The molecule has 0 bridgehead atoms. The van der Waals surface area contributed by atoms with Crippen LogP contribution in [-0.2, 0) is 24.3 Å². The maximum Gasteiger partial charge on any atom is 3.00 e. The van der Waals surface area contributed by atoms with E-state index in [0.29, 0.717) is 6.42 Å². The Kier molecular flexibility index (Phi) is 12.5. The van der Waals surface area contributed by atoms with Crippen molar-refractivity contribution in [3.8, 4) is 0 Å². The van der Waals surface area contributed by atoms with E-state index in [4.69, 9.17) is 5.11 Å². The van der Waals surface area contributed by atoms with Crippen LogP contribution in [0.2, 0.25) is 0 Å². The predicted molar refractivity (Wildman–Crippen MR) is 41.0 cm³/mol. The SMILES string of the molecule is CCCCCCCC(=O)O.[Rh+3]. The molecule has 0 unspecified atom stereocenters. The van der Waals surface area contributed by atoms with Crippen molar-refractivity contribution >= 4 is 5.97 Å². The second kappa shape index (κ2) is 10.1. The normalized spacial score (nSPS) is 8.82. The van der Waals surface area contributed by atoms with Crippen LogP contribution in [0.1, 0.15) is 45.4 Å². The van der Waals surface area contributed by atoms with Gasteiger partial charge in [-0.25, -0.2) is 0 Å². The second-order valence-corrected chi connectivity index (χ2v) is 2.56. The molecule has 0 fully saturated rings. The average Bonchev–Trinajstić information content (AvgIpc) is 1.87. The molecular weight excluding hydrogens is 231 g/mol. The van der Waals surface area contributed by atoms with E-state index in [1.54, 1.807) is 0 Å². The van der Waals surface area contributed by atoms with Crippen molar-refractivity contribution in [2.24, 2.45) is 0 Å². The van der Waals surface area contributed by atoms with Crippen LogP contribution in [0.5, 0.6) is 0 Å². The molecule has 0 aromatic rings. The zero-order valence-corrected chi connectivity index (χ0v) is 8.57. The standard InChI is InChI=1S/C8H16O2.Rh/c1-2-3-4-5-6-7-8(9)10;/h2-7H2,1H3,(H,9,10);/q;+3. The van der Waals surface area contributed by atoms with E-state index in [1.165, 1.54) is 19.3 Å². The smallest absolute Gasteiger partial charge is 0.481 e. The molecule has 1 N–H and O–H groups in total. The topological polar surface area (TPSA) is 37.3 Å². The quantitative estimate of drug-likeness (QED) is 0.578. The zero-order chi connectivity index (χ0) is 7.82. The van der Waals surface area contributed by atoms with E-state index in [1.807, 2.05) is 0 Å². The van der Waals surface area contributed by atoms with Crippen molar-refractivity contribution in [1.82, 2.24) is 0 Å². The van der Waals surface area contributed by atoms with Crippen LogP contribution in [0.4, 0.5) is 0 Å². The number of hydrogen-bond donors (Lipinski definition) is 1. The molecule has 3 heteroatoms. The molecule has 2 nitrogen and oxygen atoms in total. The summed E-state index contributed by atoms with van der Waals surface area (Å²) in [4.78, 5) is 10.0. The molecule has 66 valence electrons. The molecule has 0 saturated carbocycles. The third kappa shape index (κ3) is 13.1. The Labute approximate surface area is 81.1 Å². The Morgan fingerprint density at radius 2 is 1.73 bits per heavy atom. The van der Waals surface area contributed by atoms with Gasteiger partial charge in [0, 0.05) is 6.42 Å². The van der Waals surface area contributed by atoms with Crippen LogP contribution in [-0.4, -0.2) is 11.1 Å². The maximum absolute atomic E-state index is 10.0. The first-order valence-electron chi connectivity index (χ1n) is 3.99. The number of carboxylic acid groups (broad SMARTS) is 1. The molecule has 0 spiro atoms. The van der Waals surface area contributed by atoms with Gasteiger partial charge >= 0.3 is 25.4 Å². The molecule has 11 heavy (non-hydrogen) atoms. The fourth-order valence-electron chi connectivity index (χ4n) is 0.880. The van der Waals surface area contributed by atoms with Crippen LogP contribution in [0, 0.1) is 0 Å². The monoisotopic (exact) mass is 247 g/mol. The minimum Gasteiger partial charge on any atom is -0.481 e. The average molecular weight is 247 g/mol. The summed E-state index contributed by atoms with van der Waals surface area (Å²) in [6.45, 7) is 2.15. The molecular formula is C8H16O2Rh+3. The van der Waals surface area contributed by atoms with Gasteiger partial charge in [-0.2, -0.15) is 0 Å². The largest absolute Gasteiger partial charge is 3.00 e. The van der Waals surface area contributed by atoms with Crippen molar-refractivity contribution in [2.75, 3.05) is 0 Å². The summed E-state index contributed by atoms with van der Waals surface area (Å²) in [5.74, 6) is -0.670. The van der Waals surface area contributed by atoms with Crippen LogP contribution < -0.4 is 0 Å². The van der Waals surface area contributed by atoms with Gasteiger partial charge in [-0.05, 0) is 6.42 Å². The van der Waals surface area contributed by atoms with E-state index >= 15 is 0 Å². The number of hydrogen-bond acceptors (Lipinski definition) is 1. The van der Waals surface area contributed by atoms with Gasteiger partial charge in [0.1, 0.15) is 0 Å². The van der Waals surface area contributed by atoms with Gasteiger partial charge in [0.15, 0.2) is 0 Å². The van der Waals surface area contributed by atoms with E-state index in [-0.39, 0.29) is 19.5 Å². The summed E-state index contributed by atoms with van der Waals surface area (Å²) < 4.78 is 0. The molecule has 0 rings (SSSR count). The Morgan fingerprint density at radius 1 is 1.18 bits per heavy atom. The molecule has 0 aliphatic heterocycles. The van der Waals surface area contributed by atoms with Gasteiger partial charge in [0.2, 0.25) is 0 Å². The Balaban J connectivity index is 0. The predicted octanol–water partition coefficient (Wildman–Crippen LogP) is 2.43. The van der Waals surface area contributed by atoms with Crippen molar-refractivity contribution < 1.29 is 29.4 Å². The first-order valence-corrected chi connectivity index (χ1v) is 3.99. The van der Waals surface area contributed by atoms with Crippen LogP contribution in [0.15, 0.2) is 0 Å². The number of unbranched alkanes of at least 4 members (excludes halogenated alkanes) is 4. The molecule has 0 atom stereocenters. The fourth-order valence-corrected chi connectivity index (χ4v) is 0.880. The summed E-state index contributed by atoms with van der Waals surface area (Å²) in [6.07, 6.45) is 5.88. The summed E-state index contributed by atoms with van der Waals surface area (Å²) in [5, 5.41) is 8.27. The number of carbonyl (C=O) groups is 1. The molecule has 0 saturated heterocycles. The molecule has 0 amide bonds. The zero-order valence-electron chi connectivity index (χ0n) is 6.93. The van der Waals surface area contributed by atoms with Crippen LogP contribution in [0.25, 0.3) is 0 Å². The minimum absolute atomic E-state index is 0. The van der Waals surface area contributed by atoms with Crippen molar-refractivity contribution in [3.05, 3.63) is 0 Å². The van der Waals surface area contributed by atoms with Gasteiger partial charge in [-0.15, -0.1) is 0 Å². The Bertz CT molecular complexity index is 94.1.